The molecule has 0 saturated heterocycles. The average Bonchev–Trinajstić information content (AvgIpc) is 2.78. The Kier molecular flexibility index (Phi) is 6.29. The van der Waals surface area contributed by atoms with Crippen LogP contribution in [0, 0.1) is 0 Å². The van der Waals surface area contributed by atoms with E-state index in [4.69, 9.17) is 4.74 Å². The van der Waals surface area contributed by atoms with Gasteiger partial charge < -0.3 is 14.7 Å². The highest BCUT2D eigenvalue weighted by atomic mass is 16.5. The molecule has 0 aliphatic heterocycles. The summed E-state index contributed by atoms with van der Waals surface area (Å²) in [6.45, 7) is 4.30. The van der Waals surface area contributed by atoms with Crippen molar-refractivity contribution >= 4 is 5.69 Å². The largest absolute Gasteiger partial charge is 0.497 e. The number of aliphatic hydroxyl groups is 1. The van der Waals surface area contributed by atoms with E-state index in [0.29, 0.717) is 0 Å². The van der Waals surface area contributed by atoms with Crippen LogP contribution < -0.4 is 9.64 Å². The Hall–Kier alpha value is -2.78. The summed E-state index contributed by atoms with van der Waals surface area (Å²) in [5, 5.41) is 12.2. The van der Waals surface area contributed by atoms with Crippen molar-refractivity contribution in [2.45, 2.75) is 32.3 Å². The Morgan fingerprint density at radius 3 is 1.66 bits per heavy atom. The van der Waals surface area contributed by atoms with E-state index in [1.165, 1.54) is 11.1 Å². The Morgan fingerprint density at radius 2 is 1.24 bits per heavy atom. The molecule has 0 spiro atoms. The molecule has 0 heterocycles. The molecule has 3 nitrogen and oxygen atoms in total. The van der Waals surface area contributed by atoms with E-state index >= 15 is 0 Å². The molecule has 0 saturated carbocycles. The van der Waals surface area contributed by atoms with Gasteiger partial charge in [-0.3, -0.25) is 0 Å². The van der Waals surface area contributed by atoms with Crippen molar-refractivity contribution in [3.05, 3.63) is 94.5 Å². The zero-order valence-electron chi connectivity index (χ0n) is 18.1. The van der Waals surface area contributed by atoms with Gasteiger partial charge in [0.25, 0.3) is 0 Å². The van der Waals surface area contributed by atoms with Crippen molar-refractivity contribution < 1.29 is 9.84 Å². The summed E-state index contributed by atoms with van der Waals surface area (Å²) in [5.41, 5.74) is 4.90. The number of methoxy groups -OCH3 is 1. The summed E-state index contributed by atoms with van der Waals surface area (Å²) in [7, 11) is 5.69. The standard InChI is InChI=1S/C26H31NO2/c1-6-19-16-20(7-2)18-23(17-19)26(28,22-10-14-25(29-5)15-11-22)21-8-12-24(13-9-21)27(3)4/h8-18,28H,6-7H2,1-5H3. The molecule has 3 heteroatoms. The number of hydrogen-bond acceptors (Lipinski definition) is 3. The average molecular weight is 390 g/mol. The summed E-state index contributed by atoms with van der Waals surface area (Å²) in [6, 6.07) is 22.3. The number of benzene rings is 3. The van der Waals surface area contributed by atoms with Gasteiger partial charge in [0.15, 0.2) is 0 Å². The first-order chi connectivity index (χ1) is 13.9. The van der Waals surface area contributed by atoms with Gasteiger partial charge in [-0.15, -0.1) is 0 Å². The molecule has 1 atom stereocenters. The second-order valence-electron chi connectivity index (χ2n) is 7.63. The number of anilines is 1. The van der Waals surface area contributed by atoms with Gasteiger partial charge in [0.2, 0.25) is 0 Å². The van der Waals surface area contributed by atoms with Crippen LogP contribution in [0.2, 0.25) is 0 Å². The van der Waals surface area contributed by atoms with Crippen molar-refractivity contribution in [1.29, 1.82) is 0 Å². The quantitative estimate of drug-likeness (QED) is 0.566. The Morgan fingerprint density at radius 1 is 0.759 bits per heavy atom. The third-order valence-electron chi connectivity index (χ3n) is 5.60. The lowest BCUT2D eigenvalue weighted by atomic mass is 9.79. The molecule has 0 aliphatic carbocycles. The fourth-order valence-electron chi connectivity index (χ4n) is 3.71. The van der Waals surface area contributed by atoms with Gasteiger partial charge in [0, 0.05) is 19.8 Å². The monoisotopic (exact) mass is 389 g/mol. The minimum absolute atomic E-state index is 0.774. The lowest BCUT2D eigenvalue weighted by molar-refractivity contribution is 0.125. The summed E-state index contributed by atoms with van der Waals surface area (Å²) in [4.78, 5) is 2.06. The molecule has 3 rings (SSSR count). The number of rotatable bonds is 7. The minimum Gasteiger partial charge on any atom is -0.497 e. The fraction of sp³-hybridized carbons (Fsp3) is 0.308. The van der Waals surface area contributed by atoms with Gasteiger partial charge in [-0.1, -0.05) is 56.3 Å². The van der Waals surface area contributed by atoms with Crippen molar-refractivity contribution in [3.8, 4) is 5.75 Å². The molecular formula is C26H31NO2. The first kappa shape index (κ1) is 20.9. The highest BCUT2D eigenvalue weighted by Gasteiger charge is 2.34. The molecule has 3 aromatic carbocycles. The van der Waals surface area contributed by atoms with E-state index in [9.17, 15) is 5.11 Å². The van der Waals surface area contributed by atoms with Crippen molar-refractivity contribution in [2.75, 3.05) is 26.1 Å². The van der Waals surface area contributed by atoms with Crippen LogP contribution in [0.15, 0.2) is 66.7 Å². The van der Waals surface area contributed by atoms with Gasteiger partial charge in [-0.2, -0.15) is 0 Å². The smallest absolute Gasteiger partial charge is 0.140 e. The van der Waals surface area contributed by atoms with E-state index in [0.717, 1.165) is 41.0 Å². The summed E-state index contributed by atoms with van der Waals surface area (Å²) in [5.74, 6) is 0.774. The highest BCUT2D eigenvalue weighted by Crippen LogP contribution is 2.39. The summed E-state index contributed by atoms with van der Waals surface area (Å²) in [6.07, 6.45) is 1.86. The SMILES string of the molecule is CCc1cc(CC)cc(C(O)(c2ccc(OC)cc2)c2ccc(N(C)C)cc2)c1. The van der Waals surface area contributed by atoms with Gasteiger partial charge in [0.05, 0.1) is 7.11 Å². The number of nitrogens with zero attached hydrogens (tertiary/aromatic N) is 1. The van der Waals surface area contributed by atoms with Crippen LogP contribution in [0.3, 0.4) is 0 Å². The van der Waals surface area contributed by atoms with E-state index in [-0.39, 0.29) is 0 Å². The number of hydrogen-bond donors (Lipinski definition) is 1. The minimum atomic E-state index is -1.24. The first-order valence-electron chi connectivity index (χ1n) is 10.2. The third kappa shape index (κ3) is 4.15. The predicted octanol–water partition coefficient (Wildman–Crippen LogP) is 5.17. The second kappa shape index (κ2) is 8.71. The van der Waals surface area contributed by atoms with Gasteiger partial charge in [-0.25, -0.2) is 0 Å². The van der Waals surface area contributed by atoms with Crippen LogP contribution in [-0.4, -0.2) is 26.3 Å². The maximum Gasteiger partial charge on any atom is 0.140 e. The van der Waals surface area contributed by atoms with E-state index < -0.39 is 5.60 Å². The van der Waals surface area contributed by atoms with Crippen LogP contribution in [0.25, 0.3) is 0 Å². The van der Waals surface area contributed by atoms with Crippen LogP contribution in [0.1, 0.15) is 41.7 Å². The van der Waals surface area contributed by atoms with Gasteiger partial charge in [-0.05, 0) is 64.9 Å². The zero-order chi connectivity index (χ0) is 21.0. The van der Waals surface area contributed by atoms with Crippen LogP contribution in [0.5, 0.6) is 5.75 Å². The fourth-order valence-corrected chi connectivity index (χ4v) is 3.71. The van der Waals surface area contributed by atoms with Crippen molar-refractivity contribution in [3.63, 3.8) is 0 Å². The molecule has 0 radical (unpaired) electrons. The molecule has 1 N–H and O–H groups in total. The normalized spacial score (nSPS) is 13.0. The van der Waals surface area contributed by atoms with Gasteiger partial charge in [0.1, 0.15) is 11.4 Å². The molecule has 1 unspecified atom stereocenters. The number of aryl methyl sites for hydroxylation is 2. The lowest BCUT2D eigenvalue weighted by Crippen LogP contribution is -2.29. The van der Waals surface area contributed by atoms with Crippen molar-refractivity contribution in [2.24, 2.45) is 0 Å². The Labute approximate surface area is 174 Å². The topological polar surface area (TPSA) is 32.7 Å². The highest BCUT2D eigenvalue weighted by molar-refractivity contribution is 5.54. The molecule has 152 valence electrons. The summed E-state index contributed by atoms with van der Waals surface area (Å²) < 4.78 is 5.32. The molecule has 29 heavy (non-hydrogen) atoms. The molecule has 0 amide bonds. The van der Waals surface area contributed by atoms with Crippen molar-refractivity contribution in [1.82, 2.24) is 0 Å². The van der Waals surface area contributed by atoms with Gasteiger partial charge >= 0.3 is 0 Å². The number of ether oxygens (including phenoxy) is 1. The maximum absolute atomic E-state index is 12.2. The van der Waals surface area contributed by atoms with E-state index in [1.807, 2.05) is 62.6 Å². The van der Waals surface area contributed by atoms with Crippen LogP contribution in [-0.2, 0) is 18.4 Å². The van der Waals surface area contributed by atoms with E-state index in [2.05, 4.69) is 36.9 Å². The molecule has 0 aliphatic rings. The zero-order valence-corrected chi connectivity index (χ0v) is 18.1. The van der Waals surface area contributed by atoms with E-state index in [1.54, 1.807) is 7.11 Å². The van der Waals surface area contributed by atoms with Crippen LogP contribution in [0.4, 0.5) is 5.69 Å². The third-order valence-corrected chi connectivity index (χ3v) is 5.60. The lowest BCUT2D eigenvalue weighted by Gasteiger charge is -2.31. The molecule has 0 fully saturated rings. The Balaban J connectivity index is 2.23. The summed E-state index contributed by atoms with van der Waals surface area (Å²) >= 11 is 0. The predicted molar refractivity (Wildman–Crippen MR) is 121 cm³/mol. The molecule has 0 aromatic heterocycles. The molecule has 0 bridgehead atoms. The van der Waals surface area contributed by atoms with Crippen LogP contribution >= 0.6 is 0 Å². The maximum atomic E-state index is 12.2. The molecular weight excluding hydrogens is 358 g/mol. The second-order valence-corrected chi connectivity index (χ2v) is 7.63. The molecule has 3 aromatic rings. The first-order valence-corrected chi connectivity index (χ1v) is 10.2. The Bertz CT molecular complexity index is 923.